The van der Waals surface area contributed by atoms with Crippen LogP contribution < -0.4 is 0 Å². The Balaban J connectivity index is 1.38. The van der Waals surface area contributed by atoms with Crippen LogP contribution in [0.2, 0.25) is 0 Å². The maximum atomic E-state index is 10.6. The van der Waals surface area contributed by atoms with Crippen LogP contribution >= 0.6 is 0 Å². The van der Waals surface area contributed by atoms with Crippen molar-refractivity contribution in [2.75, 3.05) is 39.3 Å². The highest BCUT2D eigenvalue weighted by atomic mass is 16.3. The average molecular weight is 316 g/mol. The lowest BCUT2D eigenvalue weighted by Gasteiger charge is -2.36. The number of aliphatic hydroxyl groups is 1. The second-order valence-electron chi connectivity index (χ2n) is 7.56. The minimum Gasteiger partial charge on any atom is -0.388 e. The molecule has 1 atom stereocenters. The summed E-state index contributed by atoms with van der Waals surface area (Å²) in [6, 6.07) is 10.2. The number of nitrogens with zero attached hydrogens (tertiary/aromatic N) is 2. The second kappa shape index (κ2) is 8.27. The van der Waals surface area contributed by atoms with Gasteiger partial charge in [-0.2, -0.15) is 0 Å². The zero-order valence-corrected chi connectivity index (χ0v) is 14.5. The Morgan fingerprint density at radius 2 is 1.43 bits per heavy atom. The van der Waals surface area contributed by atoms with Gasteiger partial charge in [-0.3, -0.25) is 0 Å². The second-order valence-corrected chi connectivity index (χ2v) is 7.56. The molecule has 1 N–H and O–H groups in total. The van der Waals surface area contributed by atoms with Gasteiger partial charge in [-0.1, -0.05) is 37.3 Å². The predicted molar refractivity (Wildman–Crippen MR) is 95.4 cm³/mol. The first-order valence-electron chi connectivity index (χ1n) is 9.40. The fourth-order valence-corrected chi connectivity index (χ4v) is 3.98. The van der Waals surface area contributed by atoms with E-state index in [1.165, 1.54) is 39.0 Å². The van der Waals surface area contributed by atoms with Crippen molar-refractivity contribution in [1.29, 1.82) is 0 Å². The van der Waals surface area contributed by atoms with Crippen LogP contribution in [0.5, 0.6) is 0 Å². The highest BCUT2D eigenvalue weighted by Gasteiger charge is 2.26. The quantitative estimate of drug-likeness (QED) is 0.904. The fraction of sp³-hybridized carbons (Fsp3) is 0.700. The molecule has 1 unspecified atom stereocenters. The molecule has 3 nitrogen and oxygen atoms in total. The number of aliphatic hydroxyl groups excluding tert-OH is 1. The molecule has 128 valence electrons. The Kier molecular flexibility index (Phi) is 6.09. The molecule has 2 aliphatic rings. The van der Waals surface area contributed by atoms with Gasteiger partial charge in [-0.15, -0.1) is 0 Å². The Labute approximate surface area is 141 Å². The third kappa shape index (κ3) is 4.79. The van der Waals surface area contributed by atoms with Crippen LogP contribution in [0.3, 0.4) is 0 Å². The molecule has 0 aliphatic carbocycles. The van der Waals surface area contributed by atoms with E-state index in [4.69, 9.17) is 0 Å². The normalized spacial score (nSPS) is 23.9. The summed E-state index contributed by atoms with van der Waals surface area (Å²) in [7, 11) is 0. The van der Waals surface area contributed by atoms with Gasteiger partial charge in [0.15, 0.2) is 0 Å². The van der Waals surface area contributed by atoms with E-state index in [9.17, 15) is 5.11 Å². The van der Waals surface area contributed by atoms with E-state index in [2.05, 4.69) is 16.7 Å². The standard InChI is InChI=1S/C20H32N2O/c1-17-7-11-21(12-8-17)15-16-22-13-9-19(10-14-22)20(23)18-5-3-2-4-6-18/h2-6,17,19-20,23H,7-16H2,1H3. The lowest BCUT2D eigenvalue weighted by atomic mass is 9.87. The molecule has 2 aliphatic heterocycles. The van der Waals surface area contributed by atoms with Crippen LogP contribution in [-0.2, 0) is 0 Å². The molecule has 0 amide bonds. The molecular formula is C20H32N2O. The number of hydrogen-bond donors (Lipinski definition) is 1. The van der Waals surface area contributed by atoms with Crippen LogP contribution in [0, 0.1) is 11.8 Å². The predicted octanol–water partition coefficient (Wildman–Crippen LogP) is 3.16. The molecule has 3 rings (SSSR count). The topological polar surface area (TPSA) is 26.7 Å². The lowest BCUT2D eigenvalue weighted by Crippen LogP contribution is -2.42. The van der Waals surface area contributed by atoms with Crippen LogP contribution in [0.4, 0.5) is 0 Å². The highest BCUT2D eigenvalue weighted by Crippen LogP contribution is 2.30. The first-order chi connectivity index (χ1) is 11.2. The van der Waals surface area contributed by atoms with Gasteiger partial charge in [0.25, 0.3) is 0 Å². The molecule has 1 aromatic carbocycles. The first kappa shape index (κ1) is 16.9. The average Bonchev–Trinajstić information content (AvgIpc) is 2.62. The van der Waals surface area contributed by atoms with Gasteiger partial charge in [-0.25, -0.2) is 0 Å². The van der Waals surface area contributed by atoms with Crippen molar-refractivity contribution in [3.05, 3.63) is 35.9 Å². The maximum Gasteiger partial charge on any atom is 0.0819 e. The van der Waals surface area contributed by atoms with E-state index in [0.717, 1.165) is 37.4 Å². The maximum absolute atomic E-state index is 10.6. The summed E-state index contributed by atoms with van der Waals surface area (Å²) in [6.45, 7) is 9.63. The van der Waals surface area contributed by atoms with Gasteiger partial charge in [-0.05, 0) is 69.3 Å². The van der Waals surface area contributed by atoms with Crippen LogP contribution in [0.25, 0.3) is 0 Å². The zero-order chi connectivity index (χ0) is 16.1. The van der Waals surface area contributed by atoms with Gasteiger partial charge in [0.1, 0.15) is 0 Å². The van der Waals surface area contributed by atoms with Gasteiger partial charge < -0.3 is 14.9 Å². The summed E-state index contributed by atoms with van der Waals surface area (Å²) in [5.41, 5.74) is 1.08. The van der Waals surface area contributed by atoms with Gasteiger partial charge in [0.05, 0.1) is 6.10 Å². The molecule has 0 saturated carbocycles. The summed E-state index contributed by atoms with van der Waals surface area (Å²) < 4.78 is 0. The van der Waals surface area contributed by atoms with Crippen molar-refractivity contribution in [3.8, 4) is 0 Å². The molecule has 2 heterocycles. The third-order valence-electron chi connectivity index (χ3n) is 5.83. The molecule has 0 radical (unpaired) electrons. The highest BCUT2D eigenvalue weighted by molar-refractivity contribution is 5.18. The van der Waals surface area contributed by atoms with E-state index >= 15 is 0 Å². The molecule has 0 spiro atoms. The Hall–Kier alpha value is -0.900. The molecule has 2 saturated heterocycles. The van der Waals surface area contributed by atoms with Crippen LogP contribution in [0.1, 0.15) is 44.3 Å². The first-order valence-corrected chi connectivity index (χ1v) is 9.40. The van der Waals surface area contributed by atoms with Crippen molar-refractivity contribution in [3.63, 3.8) is 0 Å². The summed E-state index contributed by atoms with van der Waals surface area (Å²) >= 11 is 0. The van der Waals surface area contributed by atoms with Crippen molar-refractivity contribution in [2.24, 2.45) is 11.8 Å². The summed E-state index contributed by atoms with van der Waals surface area (Å²) in [5.74, 6) is 1.34. The number of rotatable bonds is 5. The van der Waals surface area contributed by atoms with Crippen molar-refractivity contribution in [1.82, 2.24) is 9.80 Å². The number of hydrogen-bond acceptors (Lipinski definition) is 3. The minimum atomic E-state index is -0.290. The van der Waals surface area contributed by atoms with E-state index in [1.54, 1.807) is 0 Å². The smallest absolute Gasteiger partial charge is 0.0819 e. The SMILES string of the molecule is CC1CCN(CCN2CCC(C(O)c3ccccc3)CC2)CC1. The monoisotopic (exact) mass is 316 g/mol. The van der Waals surface area contributed by atoms with Crippen molar-refractivity contribution < 1.29 is 5.11 Å². The minimum absolute atomic E-state index is 0.290. The Morgan fingerprint density at radius 3 is 2.00 bits per heavy atom. The molecular weight excluding hydrogens is 284 g/mol. The van der Waals surface area contributed by atoms with Gasteiger partial charge in [0.2, 0.25) is 0 Å². The molecule has 1 aromatic rings. The van der Waals surface area contributed by atoms with Gasteiger partial charge in [0, 0.05) is 13.1 Å². The number of likely N-dealkylation sites (tertiary alicyclic amines) is 2. The lowest BCUT2D eigenvalue weighted by molar-refractivity contribution is 0.0542. The Bertz CT molecular complexity index is 448. The van der Waals surface area contributed by atoms with E-state index in [1.807, 2.05) is 30.3 Å². The number of piperidine rings is 2. The molecule has 0 bridgehead atoms. The van der Waals surface area contributed by atoms with E-state index in [-0.39, 0.29) is 6.10 Å². The fourth-order valence-electron chi connectivity index (χ4n) is 3.98. The Morgan fingerprint density at radius 1 is 0.913 bits per heavy atom. The summed E-state index contributed by atoms with van der Waals surface area (Å²) in [5, 5.41) is 10.6. The van der Waals surface area contributed by atoms with Gasteiger partial charge >= 0.3 is 0 Å². The number of benzene rings is 1. The molecule has 23 heavy (non-hydrogen) atoms. The van der Waals surface area contributed by atoms with Crippen LogP contribution in [-0.4, -0.2) is 54.2 Å². The third-order valence-corrected chi connectivity index (χ3v) is 5.83. The van der Waals surface area contributed by atoms with Crippen LogP contribution in [0.15, 0.2) is 30.3 Å². The van der Waals surface area contributed by atoms with E-state index in [0.29, 0.717) is 5.92 Å². The summed E-state index contributed by atoms with van der Waals surface area (Å²) in [6.07, 6.45) is 4.68. The molecule has 0 aromatic heterocycles. The largest absolute Gasteiger partial charge is 0.388 e. The van der Waals surface area contributed by atoms with Crippen molar-refractivity contribution in [2.45, 2.75) is 38.7 Å². The van der Waals surface area contributed by atoms with E-state index < -0.39 is 0 Å². The zero-order valence-electron chi connectivity index (χ0n) is 14.5. The molecule has 2 fully saturated rings. The molecule has 3 heteroatoms. The van der Waals surface area contributed by atoms with Crippen molar-refractivity contribution >= 4 is 0 Å². The summed E-state index contributed by atoms with van der Waals surface area (Å²) in [4.78, 5) is 5.22.